The predicted octanol–water partition coefficient (Wildman–Crippen LogP) is 0.428. The van der Waals surface area contributed by atoms with Crippen LogP contribution in [0, 0.1) is 6.92 Å². The van der Waals surface area contributed by atoms with Gasteiger partial charge in [0.2, 0.25) is 5.91 Å². The maximum Gasteiger partial charge on any atom is 0.355 e. The molecule has 1 aliphatic rings. The van der Waals surface area contributed by atoms with Gasteiger partial charge < -0.3 is 14.9 Å². The predicted molar refractivity (Wildman–Crippen MR) is 63.7 cm³/mol. The lowest BCUT2D eigenvalue weighted by Gasteiger charge is -2.31. The number of rotatable bonds is 2. The van der Waals surface area contributed by atoms with Crippen LogP contribution in [0.1, 0.15) is 15.4 Å². The molecular weight excluding hydrogens is 242 g/mol. The van der Waals surface area contributed by atoms with Gasteiger partial charge in [0.25, 0.3) is 0 Å². The summed E-state index contributed by atoms with van der Waals surface area (Å²) in [4.78, 5) is 30.7. The Hall–Kier alpha value is -1.63. The number of anilines is 1. The van der Waals surface area contributed by atoms with Gasteiger partial charge in [0, 0.05) is 25.0 Å². The van der Waals surface area contributed by atoms with Crippen LogP contribution in [0.25, 0.3) is 0 Å². The van der Waals surface area contributed by atoms with E-state index in [1.807, 2.05) is 4.90 Å². The Kier molecular flexibility index (Phi) is 3.01. The van der Waals surface area contributed by atoms with E-state index in [4.69, 9.17) is 5.11 Å². The Morgan fingerprint density at radius 1 is 1.47 bits per heavy atom. The molecule has 1 saturated heterocycles. The second-order valence-corrected chi connectivity index (χ2v) is 5.12. The maximum absolute atomic E-state index is 11.5. The number of carboxylic acids is 1. The van der Waals surface area contributed by atoms with E-state index in [1.165, 1.54) is 11.3 Å². The van der Waals surface area contributed by atoms with Crippen molar-refractivity contribution in [1.82, 2.24) is 9.88 Å². The number of likely N-dealkylation sites (N-methyl/N-ethyl adjacent to an activating group) is 1. The van der Waals surface area contributed by atoms with Crippen LogP contribution in [0.4, 0.5) is 5.13 Å². The van der Waals surface area contributed by atoms with Crippen molar-refractivity contribution in [1.29, 1.82) is 0 Å². The maximum atomic E-state index is 11.5. The van der Waals surface area contributed by atoms with Crippen LogP contribution in [0.5, 0.6) is 0 Å². The molecule has 0 spiro atoms. The lowest BCUT2D eigenvalue weighted by molar-refractivity contribution is -0.129. The standard InChI is InChI=1S/C10H13N3O3S/c1-6-8(9(15)16)11-10(17-6)13-4-3-12(2)7(14)5-13/h3-5H2,1-2H3,(H,15,16). The van der Waals surface area contributed by atoms with E-state index in [0.29, 0.717) is 23.1 Å². The van der Waals surface area contributed by atoms with Crippen molar-refractivity contribution in [2.75, 3.05) is 31.6 Å². The molecule has 1 aromatic rings. The van der Waals surface area contributed by atoms with Crippen molar-refractivity contribution < 1.29 is 14.7 Å². The lowest BCUT2D eigenvalue weighted by Crippen LogP contribution is -2.48. The summed E-state index contributed by atoms with van der Waals surface area (Å²) < 4.78 is 0. The third-order valence-electron chi connectivity index (χ3n) is 2.72. The molecule has 1 amide bonds. The number of carboxylic acid groups (broad SMARTS) is 1. The molecule has 0 unspecified atom stereocenters. The highest BCUT2D eigenvalue weighted by Gasteiger charge is 2.25. The van der Waals surface area contributed by atoms with Crippen LogP contribution < -0.4 is 4.90 Å². The molecule has 17 heavy (non-hydrogen) atoms. The first-order chi connectivity index (χ1) is 7.99. The third-order valence-corrected chi connectivity index (χ3v) is 3.75. The minimum Gasteiger partial charge on any atom is -0.476 e. The number of amides is 1. The quantitative estimate of drug-likeness (QED) is 0.829. The second kappa shape index (κ2) is 4.33. The van der Waals surface area contributed by atoms with Crippen molar-refractivity contribution in [3.63, 3.8) is 0 Å². The second-order valence-electron chi connectivity index (χ2n) is 3.94. The Balaban J connectivity index is 2.21. The minimum atomic E-state index is -1.02. The highest BCUT2D eigenvalue weighted by molar-refractivity contribution is 7.15. The molecule has 0 bridgehead atoms. The molecule has 0 radical (unpaired) electrons. The number of thiazole rings is 1. The number of carbonyl (C=O) groups excluding carboxylic acids is 1. The number of aromatic carboxylic acids is 1. The van der Waals surface area contributed by atoms with Crippen LogP contribution in [0.3, 0.4) is 0 Å². The number of carbonyl (C=O) groups is 2. The average Bonchev–Trinajstić information content (AvgIpc) is 2.64. The molecular formula is C10H13N3O3S. The molecule has 92 valence electrons. The fourth-order valence-corrected chi connectivity index (χ4v) is 2.56. The number of aromatic nitrogens is 1. The summed E-state index contributed by atoms with van der Waals surface area (Å²) >= 11 is 1.32. The summed E-state index contributed by atoms with van der Waals surface area (Å²) in [6, 6.07) is 0. The van der Waals surface area contributed by atoms with Gasteiger partial charge in [-0.1, -0.05) is 0 Å². The molecule has 1 fully saturated rings. The van der Waals surface area contributed by atoms with Gasteiger partial charge in [0.15, 0.2) is 10.8 Å². The third kappa shape index (κ3) is 2.23. The summed E-state index contributed by atoms with van der Waals surface area (Å²) in [5, 5.41) is 9.53. The first-order valence-corrected chi connectivity index (χ1v) is 6.00. The first-order valence-electron chi connectivity index (χ1n) is 5.18. The summed E-state index contributed by atoms with van der Waals surface area (Å²) in [6.45, 7) is 3.32. The zero-order valence-electron chi connectivity index (χ0n) is 9.63. The Labute approximate surface area is 102 Å². The normalized spacial score (nSPS) is 16.5. The summed E-state index contributed by atoms with van der Waals surface area (Å²) in [6.07, 6.45) is 0. The fraction of sp³-hybridized carbons (Fsp3) is 0.500. The number of piperazine rings is 1. The molecule has 0 aromatic carbocycles. The first kappa shape index (κ1) is 11.8. The van der Waals surface area contributed by atoms with Gasteiger partial charge >= 0.3 is 5.97 Å². The van der Waals surface area contributed by atoms with Gasteiger partial charge in [-0.25, -0.2) is 9.78 Å². The fourth-order valence-electron chi connectivity index (χ4n) is 1.64. The van der Waals surface area contributed by atoms with Crippen LogP contribution in [-0.2, 0) is 4.79 Å². The summed E-state index contributed by atoms with van der Waals surface area (Å²) in [5.74, 6) is -0.994. The van der Waals surface area contributed by atoms with Gasteiger partial charge in [0.1, 0.15) is 0 Å². The molecule has 1 N–H and O–H groups in total. The van der Waals surface area contributed by atoms with E-state index < -0.39 is 5.97 Å². The van der Waals surface area contributed by atoms with E-state index >= 15 is 0 Å². The van der Waals surface area contributed by atoms with Gasteiger partial charge in [-0.15, -0.1) is 11.3 Å². The van der Waals surface area contributed by atoms with E-state index in [9.17, 15) is 9.59 Å². The highest BCUT2D eigenvalue weighted by atomic mass is 32.1. The molecule has 7 heteroatoms. The topological polar surface area (TPSA) is 73.7 Å². The van der Waals surface area contributed by atoms with Crippen molar-refractivity contribution in [3.05, 3.63) is 10.6 Å². The van der Waals surface area contributed by atoms with Crippen molar-refractivity contribution in [2.45, 2.75) is 6.92 Å². The van der Waals surface area contributed by atoms with Crippen LogP contribution in [0.2, 0.25) is 0 Å². The zero-order valence-corrected chi connectivity index (χ0v) is 10.5. The Morgan fingerprint density at radius 2 is 2.18 bits per heavy atom. The van der Waals surface area contributed by atoms with E-state index in [-0.39, 0.29) is 18.1 Å². The lowest BCUT2D eigenvalue weighted by atomic mass is 10.3. The van der Waals surface area contributed by atoms with Crippen LogP contribution in [0.15, 0.2) is 0 Å². The van der Waals surface area contributed by atoms with Crippen molar-refractivity contribution >= 4 is 28.3 Å². The molecule has 1 aliphatic heterocycles. The molecule has 0 atom stereocenters. The largest absolute Gasteiger partial charge is 0.476 e. The summed E-state index contributed by atoms with van der Waals surface area (Å²) in [7, 11) is 1.76. The number of hydrogen-bond acceptors (Lipinski definition) is 5. The Bertz CT molecular complexity index is 471. The molecule has 0 saturated carbocycles. The number of nitrogens with zero attached hydrogens (tertiary/aromatic N) is 3. The van der Waals surface area contributed by atoms with Gasteiger partial charge in [-0.3, -0.25) is 4.79 Å². The minimum absolute atomic E-state index is 0.0287. The smallest absolute Gasteiger partial charge is 0.355 e. The number of aryl methyl sites for hydroxylation is 1. The van der Waals surface area contributed by atoms with E-state index in [1.54, 1.807) is 18.9 Å². The average molecular weight is 255 g/mol. The number of hydrogen-bond donors (Lipinski definition) is 1. The summed E-state index contributed by atoms with van der Waals surface area (Å²) in [5.41, 5.74) is 0.0800. The molecule has 1 aromatic heterocycles. The van der Waals surface area contributed by atoms with Crippen LogP contribution in [-0.4, -0.2) is 53.5 Å². The molecule has 0 aliphatic carbocycles. The van der Waals surface area contributed by atoms with Crippen molar-refractivity contribution in [3.8, 4) is 0 Å². The van der Waals surface area contributed by atoms with Gasteiger partial charge in [-0.05, 0) is 6.92 Å². The zero-order chi connectivity index (χ0) is 12.6. The van der Waals surface area contributed by atoms with Crippen LogP contribution >= 0.6 is 11.3 Å². The van der Waals surface area contributed by atoms with Crippen molar-refractivity contribution in [2.24, 2.45) is 0 Å². The molecule has 2 rings (SSSR count). The Morgan fingerprint density at radius 3 is 2.71 bits per heavy atom. The molecule has 2 heterocycles. The molecule has 6 nitrogen and oxygen atoms in total. The van der Waals surface area contributed by atoms with Gasteiger partial charge in [0.05, 0.1) is 6.54 Å². The highest BCUT2D eigenvalue weighted by Crippen LogP contribution is 2.26. The SMILES string of the molecule is Cc1sc(N2CCN(C)C(=O)C2)nc1C(=O)O. The monoisotopic (exact) mass is 255 g/mol. The van der Waals surface area contributed by atoms with Gasteiger partial charge in [-0.2, -0.15) is 0 Å². The van der Waals surface area contributed by atoms with E-state index in [0.717, 1.165) is 0 Å². The van der Waals surface area contributed by atoms with E-state index in [2.05, 4.69) is 4.98 Å².